The van der Waals surface area contributed by atoms with Crippen molar-refractivity contribution >= 4 is 10.0 Å². The monoisotopic (exact) mass is 316 g/mol. The molecule has 0 bridgehead atoms. The summed E-state index contributed by atoms with van der Waals surface area (Å²) in [5.41, 5.74) is 0. The van der Waals surface area contributed by atoms with Crippen LogP contribution in [-0.2, 0) is 16.4 Å². The molecule has 0 atom stereocenters. The molecule has 2 N–H and O–H groups in total. The van der Waals surface area contributed by atoms with Crippen molar-refractivity contribution in [2.75, 3.05) is 0 Å². The van der Waals surface area contributed by atoms with Crippen molar-refractivity contribution in [1.82, 2.24) is 14.8 Å². The number of sulfonamides is 1. The lowest BCUT2D eigenvalue weighted by Gasteiger charge is -2.12. The number of nitrogens with zero attached hydrogens (tertiary/aromatic N) is 3. The lowest BCUT2D eigenvalue weighted by molar-refractivity contribution is 0.496. The number of aryl methyl sites for hydroxylation is 1. The summed E-state index contributed by atoms with van der Waals surface area (Å²) in [5, 5.41) is 12.8. The molecule has 1 rings (SSSR count). The van der Waals surface area contributed by atoms with E-state index in [1.165, 1.54) is 32.1 Å². The summed E-state index contributed by atoms with van der Waals surface area (Å²) >= 11 is 0. The molecule has 0 fully saturated rings. The van der Waals surface area contributed by atoms with E-state index in [1.54, 1.807) is 4.57 Å². The molecule has 1 aromatic rings. The maximum Gasteiger partial charge on any atom is 0.273 e. The molecule has 0 unspecified atom stereocenters. The Labute approximate surface area is 128 Å². The first-order valence-corrected chi connectivity index (χ1v) is 9.39. The topological polar surface area (TPSA) is 90.9 Å². The molecule has 1 heterocycles. The van der Waals surface area contributed by atoms with Crippen molar-refractivity contribution < 1.29 is 8.42 Å². The first-order valence-electron chi connectivity index (χ1n) is 7.84. The lowest BCUT2D eigenvalue weighted by atomic mass is 10.1. The standard InChI is InChI=1S/C14H28N4O2S/c1-4-5-6-7-8-9-10-11-13-16-17-14(21(15,19)20)18(13)12(2)3/h12H,4-11H2,1-3H3,(H2,15,19,20). The highest BCUT2D eigenvalue weighted by atomic mass is 32.2. The van der Waals surface area contributed by atoms with Gasteiger partial charge in [0.15, 0.2) is 0 Å². The normalized spacial score (nSPS) is 12.2. The van der Waals surface area contributed by atoms with Crippen LogP contribution in [0.1, 0.15) is 77.6 Å². The van der Waals surface area contributed by atoms with Crippen molar-refractivity contribution in [2.24, 2.45) is 5.14 Å². The first-order chi connectivity index (χ1) is 9.88. The molecule has 21 heavy (non-hydrogen) atoms. The second-order valence-corrected chi connectivity index (χ2v) is 7.23. The van der Waals surface area contributed by atoms with Crippen LogP contribution in [-0.4, -0.2) is 23.2 Å². The summed E-state index contributed by atoms with van der Waals surface area (Å²) < 4.78 is 24.6. The third kappa shape index (κ3) is 5.74. The van der Waals surface area contributed by atoms with Crippen molar-refractivity contribution in [3.8, 4) is 0 Å². The van der Waals surface area contributed by atoms with E-state index in [0.717, 1.165) is 19.3 Å². The molecule has 0 radical (unpaired) electrons. The summed E-state index contributed by atoms with van der Waals surface area (Å²) in [4.78, 5) is 0. The van der Waals surface area contributed by atoms with E-state index in [0.29, 0.717) is 5.82 Å². The van der Waals surface area contributed by atoms with Gasteiger partial charge in [0, 0.05) is 12.5 Å². The predicted octanol–water partition coefficient (Wildman–Crippen LogP) is 2.80. The molecule has 0 aliphatic rings. The van der Waals surface area contributed by atoms with Crippen LogP contribution in [0.4, 0.5) is 0 Å². The summed E-state index contributed by atoms with van der Waals surface area (Å²) in [6.45, 7) is 6.03. The second-order valence-electron chi connectivity index (χ2n) is 5.78. The fourth-order valence-corrected chi connectivity index (χ4v) is 3.18. The van der Waals surface area contributed by atoms with Crippen molar-refractivity contribution in [3.63, 3.8) is 0 Å². The molecule has 0 amide bonds. The second kappa shape index (κ2) is 8.48. The molecular weight excluding hydrogens is 288 g/mol. The molecule has 0 spiro atoms. The van der Waals surface area contributed by atoms with Gasteiger partial charge in [-0.15, -0.1) is 10.2 Å². The van der Waals surface area contributed by atoms with Crippen molar-refractivity contribution in [1.29, 1.82) is 0 Å². The molecule has 122 valence electrons. The van der Waals surface area contributed by atoms with Gasteiger partial charge in [-0.2, -0.15) is 0 Å². The molecule has 7 heteroatoms. The van der Waals surface area contributed by atoms with E-state index >= 15 is 0 Å². The van der Waals surface area contributed by atoms with Gasteiger partial charge in [-0.3, -0.25) is 4.57 Å². The average Bonchev–Trinajstić information content (AvgIpc) is 2.81. The number of nitrogens with two attached hydrogens (primary N) is 1. The minimum Gasteiger partial charge on any atom is -0.298 e. The Morgan fingerprint density at radius 1 is 1.05 bits per heavy atom. The van der Waals surface area contributed by atoms with E-state index in [2.05, 4.69) is 17.1 Å². The smallest absolute Gasteiger partial charge is 0.273 e. The first kappa shape index (κ1) is 18.1. The zero-order valence-electron chi connectivity index (χ0n) is 13.4. The van der Waals surface area contributed by atoms with E-state index in [9.17, 15) is 8.42 Å². The molecule has 0 aromatic carbocycles. The highest BCUT2D eigenvalue weighted by Gasteiger charge is 2.22. The Balaban J connectivity index is 2.54. The quantitative estimate of drug-likeness (QED) is 0.672. The summed E-state index contributed by atoms with van der Waals surface area (Å²) in [7, 11) is -3.81. The fraction of sp³-hybridized carbons (Fsp3) is 0.857. The van der Waals surface area contributed by atoms with E-state index in [-0.39, 0.29) is 11.2 Å². The zero-order chi connectivity index (χ0) is 15.9. The Kier molecular flexibility index (Phi) is 7.31. The van der Waals surface area contributed by atoms with Gasteiger partial charge in [0.25, 0.3) is 15.2 Å². The van der Waals surface area contributed by atoms with Crippen LogP contribution in [0.15, 0.2) is 5.16 Å². The summed E-state index contributed by atoms with van der Waals surface area (Å²) in [6, 6.07) is -0.0205. The van der Waals surface area contributed by atoms with Crippen LogP contribution >= 0.6 is 0 Å². The van der Waals surface area contributed by atoms with E-state index in [1.807, 2.05) is 13.8 Å². The van der Waals surface area contributed by atoms with Gasteiger partial charge in [-0.1, -0.05) is 45.4 Å². The van der Waals surface area contributed by atoms with Gasteiger partial charge in [0.2, 0.25) is 0 Å². The molecule has 1 aromatic heterocycles. The molecule has 0 aliphatic carbocycles. The Morgan fingerprint density at radius 3 is 2.14 bits per heavy atom. The van der Waals surface area contributed by atoms with Gasteiger partial charge >= 0.3 is 0 Å². The van der Waals surface area contributed by atoms with Gasteiger partial charge in [0.1, 0.15) is 5.82 Å². The van der Waals surface area contributed by atoms with Crippen LogP contribution < -0.4 is 5.14 Å². The summed E-state index contributed by atoms with van der Waals surface area (Å²) in [6.07, 6.45) is 9.24. The highest BCUT2D eigenvalue weighted by molar-refractivity contribution is 7.89. The number of hydrogen-bond donors (Lipinski definition) is 1. The van der Waals surface area contributed by atoms with Crippen LogP contribution in [0.2, 0.25) is 0 Å². The number of aromatic nitrogens is 3. The van der Waals surface area contributed by atoms with Gasteiger partial charge in [-0.25, -0.2) is 13.6 Å². The number of hydrogen-bond acceptors (Lipinski definition) is 4. The SMILES string of the molecule is CCCCCCCCCc1nnc(S(N)(=O)=O)n1C(C)C. The maximum atomic E-state index is 11.5. The molecule has 0 aliphatic heterocycles. The van der Waals surface area contributed by atoms with Crippen LogP contribution in [0.3, 0.4) is 0 Å². The largest absolute Gasteiger partial charge is 0.298 e. The molecule has 0 saturated carbocycles. The van der Waals surface area contributed by atoms with Crippen LogP contribution in [0.25, 0.3) is 0 Å². The van der Waals surface area contributed by atoms with Gasteiger partial charge in [0.05, 0.1) is 0 Å². The lowest BCUT2D eigenvalue weighted by Crippen LogP contribution is -2.20. The van der Waals surface area contributed by atoms with Gasteiger partial charge in [-0.05, 0) is 20.3 Å². The third-order valence-electron chi connectivity index (χ3n) is 3.51. The van der Waals surface area contributed by atoms with Gasteiger partial charge < -0.3 is 0 Å². The maximum absolute atomic E-state index is 11.5. The Bertz CT molecular complexity index is 523. The molecule has 6 nitrogen and oxygen atoms in total. The fourth-order valence-electron chi connectivity index (χ4n) is 2.43. The molecule has 0 saturated heterocycles. The third-order valence-corrected chi connectivity index (χ3v) is 4.30. The minimum absolute atomic E-state index is 0.0205. The number of rotatable bonds is 10. The molecular formula is C14H28N4O2S. The van der Waals surface area contributed by atoms with E-state index in [4.69, 9.17) is 5.14 Å². The Hall–Kier alpha value is -0.950. The van der Waals surface area contributed by atoms with Crippen LogP contribution in [0.5, 0.6) is 0 Å². The highest BCUT2D eigenvalue weighted by Crippen LogP contribution is 2.17. The summed E-state index contributed by atoms with van der Waals surface area (Å²) in [5.74, 6) is 0.711. The van der Waals surface area contributed by atoms with Crippen molar-refractivity contribution in [3.05, 3.63) is 5.82 Å². The van der Waals surface area contributed by atoms with Crippen LogP contribution in [0, 0.1) is 0 Å². The Morgan fingerprint density at radius 2 is 1.62 bits per heavy atom. The number of unbranched alkanes of at least 4 members (excludes halogenated alkanes) is 6. The average molecular weight is 316 g/mol. The minimum atomic E-state index is -3.81. The number of primary sulfonamides is 1. The van der Waals surface area contributed by atoms with E-state index < -0.39 is 10.0 Å². The predicted molar refractivity (Wildman–Crippen MR) is 83.5 cm³/mol. The van der Waals surface area contributed by atoms with Crippen molar-refractivity contribution in [2.45, 2.75) is 83.3 Å². The zero-order valence-corrected chi connectivity index (χ0v) is 14.2.